The van der Waals surface area contributed by atoms with Crippen molar-refractivity contribution in [2.24, 2.45) is 17.8 Å². The van der Waals surface area contributed by atoms with Crippen molar-refractivity contribution in [2.75, 3.05) is 0 Å². The predicted octanol–water partition coefficient (Wildman–Crippen LogP) is 1.18. The van der Waals surface area contributed by atoms with Crippen molar-refractivity contribution in [2.45, 2.75) is 44.7 Å². The predicted molar refractivity (Wildman–Crippen MR) is 73.2 cm³/mol. The number of hydrogen-bond acceptors (Lipinski definition) is 3. The Kier molecular flexibility index (Phi) is 2.80. The van der Waals surface area contributed by atoms with E-state index in [1.54, 1.807) is 11.2 Å². The van der Waals surface area contributed by atoms with Gasteiger partial charge in [0, 0.05) is 12.3 Å². The molecule has 2 heterocycles. The number of H-pyrrole nitrogens is 1. The molecule has 3 unspecified atom stereocenters. The third-order valence-electron chi connectivity index (χ3n) is 5.41. The maximum absolute atomic E-state index is 12.8. The van der Waals surface area contributed by atoms with E-state index >= 15 is 0 Å². The fourth-order valence-corrected chi connectivity index (χ4v) is 4.24. The van der Waals surface area contributed by atoms with E-state index in [1.165, 1.54) is 12.8 Å². The molecule has 2 fully saturated rings. The third kappa shape index (κ3) is 1.96. The number of hydrogen-bond donors (Lipinski definition) is 2. The van der Waals surface area contributed by atoms with Gasteiger partial charge in [0.25, 0.3) is 0 Å². The first-order chi connectivity index (χ1) is 10.2. The quantitative estimate of drug-likeness (QED) is 0.856. The van der Waals surface area contributed by atoms with Crippen LogP contribution in [0.4, 0.5) is 0 Å². The van der Waals surface area contributed by atoms with Crippen molar-refractivity contribution in [3.8, 4) is 0 Å². The van der Waals surface area contributed by atoms with Gasteiger partial charge in [-0.05, 0) is 24.7 Å². The molecule has 1 aromatic rings. The summed E-state index contributed by atoms with van der Waals surface area (Å²) in [4.78, 5) is 33.1. The lowest BCUT2D eigenvalue weighted by Gasteiger charge is -2.32. The molecule has 0 bridgehead atoms. The van der Waals surface area contributed by atoms with Gasteiger partial charge in [0.2, 0.25) is 5.91 Å². The number of aromatic nitrogens is 2. The number of carbonyl (C=O) groups is 2. The summed E-state index contributed by atoms with van der Waals surface area (Å²) in [6.45, 7) is 0.348. The van der Waals surface area contributed by atoms with Crippen LogP contribution in [0.3, 0.4) is 0 Å². The summed E-state index contributed by atoms with van der Waals surface area (Å²) in [6.07, 6.45) is 6.55. The number of nitrogens with zero attached hydrogens (tertiary/aromatic N) is 2. The highest BCUT2D eigenvalue weighted by molar-refractivity contribution is 5.87. The van der Waals surface area contributed by atoms with Crippen molar-refractivity contribution in [3.63, 3.8) is 0 Å². The van der Waals surface area contributed by atoms with Gasteiger partial charge in [-0.1, -0.05) is 12.8 Å². The molecule has 2 saturated carbocycles. The first kappa shape index (κ1) is 12.9. The number of fused-ring (bicyclic) bond motifs is 2. The minimum absolute atomic E-state index is 0.0413. The summed E-state index contributed by atoms with van der Waals surface area (Å²) in [5.74, 6) is 0.187. The van der Waals surface area contributed by atoms with E-state index in [2.05, 4.69) is 9.97 Å². The molecule has 1 aromatic heterocycles. The highest BCUT2D eigenvalue weighted by Gasteiger charge is 2.57. The number of aromatic amines is 1. The number of carboxylic acid groups (broad SMARTS) is 1. The number of amides is 1. The molecule has 0 spiro atoms. The highest BCUT2D eigenvalue weighted by Crippen LogP contribution is 2.56. The van der Waals surface area contributed by atoms with Gasteiger partial charge in [0.15, 0.2) is 0 Å². The van der Waals surface area contributed by atoms with Crippen LogP contribution in [0.1, 0.15) is 37.1 Å². The fraction of sp³-hybridized carbons (Fsp3) is 0.667. The number of aliphatic carboxylic acids is 1. The van der Waals surface area contributed by atoms with Crippen LogP contribution in [0, 0.1) is 17.8 Å². The Morgan fingerprint density at radius 1 is 1.29 bits per heavy atom. The summed E-state index contributed by atoms with van der Waals surface area (Å²) >= 11 is 0. The summed E-state index contributed by atoms with van der Waals surface area (Å²) < 4.78 is 0. The molecular formula is C15H19N3O3. The molecular weight excluding hydrogens is 270 g/mol. The van der Waals surface area contributed by atoms with Gasteiger partial charge < -0.3 is 15.0 Å². The molecule has 2 aliphatic carbocycles. The molecule has 0 saturated heterocycles. The maximum atomic E-state index is 12.8. The average Bonchev–Trinajstić information content (AvgIpc) is 3.03. The van der Waals surface area contributed by atoms with Gasteiger partial charge in [0.05, 0.1) is 24.3 Å². The second-order valence-corrected chi connectivity index (χ2v) is 6.49. The summed E-state index contributed by atoms with van der Waals surface area (Å²) in [7, 11) is 0. The Labute approximate surface area is 122 Å². The highest BCUT2D eigenvalue weighted by atomic mass is 16.4. The molecule has 1 amide bonds. The van der Waals surface area contributed by atoms with Gasteiger partial charge in [-0.15, -0.1) is 0 Å². The molecule has 0 aromatic carbocycles. The second-order valence-electron chi connectivity index (χ2n) is 6.49. The summed E-state index contributed by atoms with van der Waals surface area (Å²) in [5, 5.41) is 9.45. The number of nitrogens with one attached hydrogen (secondary N) is 1. The van der Waals surface area contributed by atoms with E-state index in [-0.39, 0.29) is 11.8 Å². The molecule has 1 aliphatic heterocycles. The van der Waals surface area contributed by atoms with Gasteiger partial charge in [-0.3, -0.25) is 4.79 Å². The van der Waals surface area contributed by atoms with Crippen LogP contribution >= 0.6 is 0 Å². The SMILES string of the molecule is O=C(O)C1Cc2nc[nH]c2CN1C(=O)C1C2CCCCC21. The lowest BCUT2D eigenvalue weighted by Crippen LogP contribution is -2.49. The largest absolute Gasteiger partial charge is 0.480 e. The van der Waals surface area contributed by atoms with E-state index in [4.69, 9.17) is 0 Å². The minimum Gasteiger partial charge on any atom is -0.480 e. The van der Waals surface area contributed by atoms with Crippen LogP contribution in [0.2, 0.25) is 0 Å². The topological polar surface area (TPSA) is 86.3 Å². The van der Waals surface area contributed by atoms with Crippen LogP contribution in [0.25, 0.3) is 0 Å². The van der Waals surface area contributed by atoms with Crippen molar-refractivity contribution in [1.82, 2.24) is 14.9 Å². The maximum Gasteiger partial charge on any atom is 0.326 e. The Morgan fingerprint density at radius 3 is 2.67 bits per heavy atom. The average molecular weight is 289 g/mol. The fourth-order valence-electron chi connectivity index (χ4n) is 4.24. The van der Waals surface area contributed by atoms with Crippen LogP contribution in [0.15, 0.2) is 6.33 Å². The normalized spacial score (nSPS) is 34.0. The van der Waals surface area contributed by atoms with Crippen LogP contribution in [-0.2, 0) is 22.6 Å². The lowest BCUT2D eigenvalue weighted by molar-refractivity contribution is -0.152. The molecule has 0 radical (unpaired) electrons. The molecule has 2 N–H and O–H groups in total. The van der Waals surface area contributed by atoms with E-state index in [0.29, 0.717) is 24.8 Å². The number of carbonyl (C=O) groups excluding carboxylic acids is 1. The molecule has 3 aliphatic rings. The molecule has 3 atom stereocenters. The zero-order chi connectivity index (χ0) is 14.6. The molecule has 6 nitrogen and oxygen atoms in total. The van der Waals surface area contributed by atoms with E-state index in [1.807, 2.05) is 0 Å². The smallest absolute Gasteiger partial charge is 0.326 e. The van der Waals surface area contributed by atoms with Crippen molar-refractivity contribution in [1.29, 1.82) is 0 Å². The van der Waals surface area contributed by atoms with Gasteiger partial charge in [0.1, 0.15) is 6.04 Å². The second kappa shape index (κ2) is 4.58. The summed E-state index contributed by atoms with van der Waals surface area (Å²) in [6, 6.07) is -0.768. The molecule has 21 heavy (non-hydrogen) atoms. The van der Waals surface area contributed by atoms with E-state index < -0.39 is 12.0 Å². The van der Waals surface area contributed by atoms with E-state index in [9.17, 15) is 14.7 Å². The molecule has 112 valence electrons. The first-order valence-corrected chi connectivity index (χ1v) is 7.71. The standard InChI is InChI=1S/C15H19N3O3/c19-14(13-8-3-1-2-4-9(8)13)18-6-11-10(16-7-17-11)5-12(18)15(20)21/h7-9,12-13H,1-6H2,(H,16,17)(H,20,21). The first-order valence-electron chi connectivity index (χ1n) is 7.71. The minimum atomic E-state index is -0.930. The third-order valence-corrected chi connectivity index (χ3v) is 5.41. The Balaban J connectivity index is 1.58. The zero-order valence-electron chi connectivity index (χ0n) is 11.8. The van der Waals surface area contributed by atoms with Crippen LogP contribution in [0.5, 0.6) is 0 Å². The summed E-state index contributed by atoms with van der Waals surface area (Å²) in [5.41, 5.74) is 1.66. The van der Waals surface area contributed by atoms with Gasteiger partial charge >= 0.3 is 5.97 Å². The Hall–Kier alpha value is -1.85. The van der Waals surface area contributed by atoms with Gasteiger partial charge in [-0.2, -0.15) is 0 Å². The van der Waals surface area contributed by atoms with Crippen molar-refractivity contribution < 1.29 is 14.7 Å². The van der Waals surface area contributed by atoms with Gasteiger partial charge in [-0.25, -0.2) is 9.78 Å². The molecule has 6 heteroatoms. The zero-order valence-corrected chi connectivity index (χ0v) is 11.8. The Morgan fingerprint density at radius 2 is 2.00 bits per heavy atom. The van der Waals surface area contributed by atoms with E-state index in [0.717, 1.165) is 24.2 Å². The molecule has 4 rings (SSSR count). The van der Waals surface area contributed by atoms with Crippen LogP contribution in [-0.4, -0.2) is 37.9 Å². The lowest BCUT2D eigenvalue weighted by atomic mass is 10.0. The van der Waals surface area contributed by atoms with Crippen molar-refractivity contribution >= 4 is 11.9 Å². The number of rotatable bonds is 2. The monoisotopic (exact) mass is 289 g/mol. The Bertz CT molecular complexity index is 585. The van der Waals surface area contributed by atoms with Crippen molar-refractivity contribution in [3.05, 3.63) is 17.7 Å². The number of imidazole rings is 1. The number of carboxylic acids is 1. The van der Waals surface area contributed by atoms with Crippen LogP contribution < -0.4 is 0 Å².